The van der Waals surface area contributed by atoms with Crippen molar-refractivity contribution in [1.29, 1.82) is 0 Å². The van der Waals surface area contributed by atoms with Gasteiger partial charge in [-0.25, -0.2) is 18.4 Å². The number of nitrogens with one attached hydrogen (secondary N) is 1. The number of oxazole rings is 1. The maximum Gasteiger partial charge on any atom is 0.262 e. The second-order valence-corrected chi connectivity index (χ2v) is 6.40. The average Bonchev–Trinajstić information content (AvgIpc) is 2.77. The van der Waals surface area contributed by atoms with Gasteiger partial charge in [0.25, 0.3) is 10.0 Å². The third-order valence-corrected chi connectivity index (χ3v) is 4.34. The van der Waals surface area contributed by atoms with Crippen LogP contribution >= 0.6 is 11.6 Å². The van der Waals surface area contributed by atoms with Gasteiger partial charge in [0.05, 0.1) is 10.6 Å². The van der Waals surface area contributed by atoms with Gasteiger partial charge in [-0.3, -0.25) is 4.72 Å². The van der Waals surface area contributed by atoms with Gasteiger partial charge in [-0.2, -0.15) is 0 Å². The Balaban J connectivity index is 1.96. The molecule has 2 heterocycles. The highest BCUT2D eigenvalue weighted by Crippen LogP contribution is 2.22. The van der Waals surface area contributed by atoms with Gasteiger partial charge >= 0.3 is 0 Å². The molecule has 0 aliphatic rings. The van der Waals surface area contributed by atoms with Crippen molar-refractivity contribution in [2.75, 3.05) is 4.72 Å². The van der Waals surface area contributed by atoms with Crippen molar-refractivity contribution in [2.24, 2.45) is 0 Å². The van der Waals surface area contributed by atoms with E-state index in [1.165, 1.54) is 18.3 Å². The maximum atomic E-state index is 12.3. The molecule has 0 saturated carbocycles. The van der Waals surface area contributed by atoms with Crippen LogP contribution in [0.15, 0.2) is 45.8 Å². The molecule has 0 fully saturated rings. The average molecular weight is 324 g/mol. The minimum absolute atomic E-state index is 0.0407. The van der Waals surface area contributed by atoms with E-state index >= 15 is 0 Å². The van der Waals surface area contributed by atoms with Gasteiger partial charge in [0.1, 0.15) is 10.7 Å². The smallest absolute Gasteiger partial charge is 0.262 e. The van der Waals surface area contributed by atoms with Crippen LogP contribution in [0.5, 0.6) is 0 Å². The van der Waals surface area contributed by atoms with E-state index < -0.39 is 10.0 Å². The van der Waals surface area contributed by atoms with Gasteiger partial charge in [0, 0.05) is 13.1 Å². The van der Waals surface area contributed by atoms with E-state index in [4.69, 9.17) is 16.0 Å². The first-order valence-corrected chi connectivity index (χ1v) is 7.82. The number of benzene rings is 1. The van der Waals surface area contributed by atoms with E-state index in [2.05, 4.69) is 14.7 Å². The van der Waals surface area contributed by atoms with Gasteiger partial charge in [-0.1, -0.05) is 11.6 Å². The van der Waals surface area contributed by atoms with Crippen LogP contribution in [0, 0.1) is 6.92 Å². The maximum absolute atomic E-state index is 12.3. The largest absolute Gasteiger partial charge is 0.441 e. The Bertz CT molecular complexity index is 921. The van der Waals surface area contributed by atoms with Crippen LogP contribution in [0.2, 0.25) is 5.15 Å². The van der Waals surface area contributed by atoms with E-state index in [0.29, 0.717) is 22.7 Å². The summed E-state index contributed by atoms with van der Waals surface area (Å²) in [5.41, 5.74) is 1.58. The summed E-state index contributed by atoms with van der Waals surface area (Å²) in [6.07, 6.45) is 1.33. The van der Waals surface area contributed by atoms with Crippen LogP contribution in [-0.4, -0.2) is 18.4 Å². The normalized spacial score (nSPS) is 11.7. The lowest BCUT2D eigenvalue weighted by Crippen LogP contribution is -2.13. The van der Waals surface area contributed by atoms with E-state index in [1.54, 1.807) is 25.1 Å². The molecule has 108 valence electrons. The first-order chi connectivity index (χ1) is 9.94. The molecule has 21 heavy (non-hydrogen) atoms. The molecular weight excluding hydrogens is 314 g/mol. The first-order valence-electron chi connectivity index (χ1n) is 5.96. The Morgan fingerprint density at radius 2 is 2.05 bits per heavy atom. The lowest BCUT2D eigenvalue weighted by molar-refractivity contribution is 0.561. The van der Waals surface area contributed by atoms with Crippen molar-refractivity contribution >= 4 is 38.4 Å². The van der Waals surface area contributed by atoms with Crippen LogP contribution in [0.25, 0.3) is 11.1 Å². The number of pyridine rings is 1. The van der Waals surface area contributed by atoms with Crippen molar-refractivity contribution in [3.05, 3.63) is 47.6 Å². The number of nitrogens with zero attached hydrogens (tertiary/aromatic N) is 2. The van der Waals surface area contributed by atoms with Crippen LogP contribution in [0.4, 0.5) is 5.69 Å². The Labute approximate surface area is 125 Å². The summed E-state index contributed by atoms with van der Waals surface area (Å²) >= 11 is 5.71. The molecule has 0 bridgehead atoms. The van der Waals surface area contributed by atoms with Crippen molar-refractivity contribution in [1.82, 2.24) is 9.97 Å². The number of sulfonamides is 1. The molecule has 3 aromatic rings. The van der Waals surface area contributed by atoms with Crippen LogP contribution < -0.4 is 4.72 Å². The van der Waals surface area contributed by atoms with Gasteiger partial charge < -0.3 is 4.42 Å². The SMILES string of the molecule is Cc1nc2cc(NS(=O)(=O)c3ccnc(Cl)c3)ccc2o1. The quantitative estimate of drug-likeness (QED) is 0.749. The fourth-order valence-electron chi connectivity index (χ4n) is 1.87. The molecule has 0 amide bonds. The van der Waals surface area contributed by atoms with Crippen molar-refractivity contribution in [3.63, 3.8) is 0 Å². The van der Waals surface area contributed by atoms with Gasteiger partial charge in [0.15, 0.2) is 11.5 Å². The summed E-state index contributed by atoms with van der Waals surface area (Å²) in [4.78, 5) is 7.95. The van der Waals surface area contributed by atoms with Gasteiger partial charge in [0.2, 0.25) is 0 Å². The molecule has 0 aliphatic heterocycles. The second kappa shape index (κ2) is 5.01. The summed E-state index contributed by atoms with van der Waals surface area (Å²) in [5, 5.41) is 0.112. The first kappa shape index (κ1) is 13.8. The van der Waals surface area contributed by atoms with E-state index in [-0.39, 0.29) is 10.0 Å². The summed E-state index contributed by atoms with van der Waals surface area (Å²) in [6, 6.07) is 7.52. The molecule has 0 unspecified atom stereocenters. The number of aromatic nitrogens is 2. The molecule has 3 rings (SSSR count). The number of hydrogen-bond acceptors (Lipinski definition) is 5. The Hall–Kier alpha value is -2.12. The van der Waals surface area contributed by atoms with Crippen molar-refractivity contribution in [2.45, 2.75) is 11.8 Å². The predicted octanol–water partition coefficient (Wildman–Crippen LogP) is 2.99. The highest BCUT2D eigenvalue weighted by Gasteiger charge is 2.15. The number of rotatable bonds is 3. The molecule has 6 nitrogen and oxygen atoms in total. The fraction of sp³-hybridized carbons (Fsp3) is 0.0769. The summed E-state index contributed by atoms with van der Waals surface area (Å²) in [6.45, 7) is 1.73. The molecule has 8 heteroatoms. The second-order valence-electron chi connectivity index (χ2n) is 4.34. The van der Waals surface area contributed by atoms with E-state index in [1.807, 2.05) is 0 Å². The number of aryl methyl sites for hydroxylation is 1. The minimum Gasteiger partial charge on any atom is -0.441 e. The summed E-state index contributed by atoms with van der Waals surface area (Å²) < 4.78 is 32.3. The topological polar surface area (TPSA) is 85.1 Å². The number of fused-ring (bicyclic) bond motifs is 1. The molecule has 0 radical (unpaired) electrons. The third kappa shape index (κ3) is 2.84. The van der Waals surface area contributed by atoms with E-state index in [0.717, 1.165) is 0 Å². The molecule has 0 atom stereocenters. The molecule has 0 saturated heterocycles. The molecule has 0 spiro atoms. The zero-order valence-corrected chi connectivity index (χ0v) is 12.4. The summed E-state index contributed by atoms with van der Waals surface area (Å²) in [7, 11) is -3.73. The lowest BCUT2D eigenvalue weighted by atomic mass is 10.3. The van der Waals surface area contributed by atoms with Crippen LogP contribution in [0.1, 0.15) is 5.89 Å². The minimum atomic E-state index is -3.73. The predicted molar refractivity (Wildman–Crippen MR) is 78.8 cm³/mol. The van der Waals surface area contributed by atoms with E-state index in [9.17, 15) is 8.42 Å². The van der Waals surface area contributed by atoms with Crippen LogP contribution in [-0.2, 0) is 10.0 Å². The lowest BCUT2D eigenvalue weighted by Gasteiger charge is -2.07. The van der Waals surface area contributed by atoms with Gasteiger partial charge in [-0.05, 0) is 30.3 Å². The zero-order chi connectivity index (χ0) is 15.0. The Kier molecular flexibility index (Phi) is 3.30. The fourth-order valence-corrected chi connectivity index (χ4v) is 3.17. The third-order valence-electron chi connectivity index (χ3n) is 2.76. The van der Waals surface area contributed by atoms with Crippen molar-refractivity contribution in [3.8, 4) is 0 Å². The number of halogens is 1. The standard InChI is InChI=1S/C13H10ClN3O3S/c1-8-16-11-6-9(2-3-12(11)20-8)17-21(18,19)10-4-5-15-13(14)7-10/h2-7,17H,1H3. The molecule has 1 N–H and O–H groups in total. The molecule has 1 aromatic carbocycles. The number of anilines is 1. The highest BCUT2D eigenvalue weighted by atomic mass is 35.5. The van der Waals surface area contributed by atoms with Crippen molar-refractivity contribution < 1.29 is 12.8 Å². The molecule has 2 aromatic heterocycles. The summed E-state index contributed by atoms with van der Waals surface area (Å²) in [5.74, 6) is 0.519. The monoisotopic (exact) mass is 323 g/mol. The van der Waals surface area contributed by atoms with Gasteiger partial charge in [-0.15, -0.1) is 0 Å². The molecular formula is C13H10ClN3O3S. The molecule has 0 aliphatic carbocycles. The zero-order valence-electron chi connectivity index (χ0n) is 10.9. The van der Waals surface area contributed by atoms with Crippen LogP contribution in [0.3, 0.4) is 0 Å². The Morgan fingerprint density at radius 3 is 2.81 bits per heavy atom. The highest BCUT2D eigenvalue weighted by molar-refractivity contribution is 7.92. The number of hydrogen-bond donors (Lipinski definition) is 1. The Morgan fingerprint density at radius 1 is 1.24 bits per heavy atom.